The maximum Gasteiger partial charge on any atom is 0.258 e. The van der Waals surface area contributed by atoms with E-state index in [1.54, 1.807) is 0 Å². The minimum Gasteiger partial charge on any atom is -0.334 e. The van der Waals surface area contributed by atoms with Gasteiger partial charge in [-0.15, -0.1) is 0 Å². The SMILES string of the molecule is Cc1cc(F)cc(-c2nc(CNC(C)C)no2)c1. The number of aromatic nitrogens is 2. The lowest BCUT2D eigenvalue weighted by atomic mass is 10.1. The van der Waals surface area contributed by atoms with Gasteiger partial charge in [0, 0.05) is 11.6 Å². The summed E-state index contributed by atoms with van der Waals surface area (Å²) in [5.41, 5.74) is 1.43. The highest BCUT2D eigenvalue weighted by Gasteiger charge is 2.10. The maximum absolute atomic E-state index is 13.3. The van der Waals surface area contributed by atoms with E-state index in [9.17, 15) is 4.39 Å². The van der Waals surface area contributed by atoms with E-state index in [2.05, 4.69) is 15.5 Å². The first-order valence-corrected chi connectivity index (χ1v) is 5.88. The molecule has 1 N–H and O–H groups in total. The summed E-state index contributed by atoms with van der Waals surface area (Å²) >= 11 is 0. The van der Waals surface area contributed by atoms with Gasteiger partial charge in [0.25, 0.3) is 5.89 Å². The Balaban J connectivity index is 2.18. The van der Waals surface area contributed by atoms with Crippen molar-refractivity contribution in [2.24, 2.45) is 0 Å². The van der Waals surface area contributed by atoms with Crippen molar-refractivity contribution >= 4 is 0 Å². The summed E-state index contributed by atoms with van der Waals surface area (Å²) in [4.78, 5) is 4.23. The fourth-order valence-corrected chi connectivity index (χ4v) is 1.60. The molecule has 0 bridgehead atoms. The van der Waals surface area contributed by atoms with Gasteiger partial charge in [0.05, 0.1) is 6.54 Å². The number of nitrogens with zero attached hydrogens (tertiary/aromatic N) is 2. The first-order valence-electron chi connectivity index (χ1n) is 5.88. The predicted molar refractivity (Wildman–Crippen MR) is 66.4 cm³/mol. The molecule has 5 heteroatoms. The van der Waals surface area contributed by atoms with Crippen LogP contribution < -0.4 is 5.32 Å². The van der Waals surface area contributed by atoms with Gasteiger partial charge in [-0.05, 0) is 30.7 Å². The van der Waals surface area contributed by atoms with Crippen molar-refractivity contribution < 1.29 is 8.91 Å². The van der Waals surface area contributed by atoms with Gasteiger partial charge in [0.15, 0.2) is 5.82 Å². The maximum atomic E-state index is 13.3. The van der Waals surface area contributed by atoms with E-state index in [1.807, 2.05) is 26.8 Å². The van der Waals surface area contributed by atoms with Gasteiger partial charge in [-0.1, -0.05) is 19.0 Å². The molecule has 0 amide bonds. The van der Waals surface area contributed by atoms with Crippen LogP contribution in [0.25, 0.3) is 11.5 Å². The van der Waals surface area contributed by atoms with E-state index in [-0.39, 0.29) is 5.82 Å². The molecule has 0 saturated carbocycles. The molecule has 1 heterocycles. The van der Waals surface area contributed by atoms with Gasteiger partial charge in [-0.25, -0.2) is 4.39 Å². The van der Waals surface area contributed by atoms with Crippen LogP contribution in [0, 0.1) is 12.7 Å². The predicted octanol–water partition coefficient (Wildman–Crippen LogP) is 2.68. The largest absolute Gasteiger partial charge is 0.334 e. The van der Waals surface area contributed by atoms with E-state index in [1.165, 1.54) is 12.1 Å². The Morgan fingerprint density at radius 3 is 2.78 bits per heavy atom. The van der Waals surface area contributed by atoms with Crippen molar-refractivity contribution in [3.63, 3.8) is 0 Å². The zero-order valence-electron chi connectivity index (χ0n) is 10.7. The molecule has 0 radical (unpaired) electrons. The highest BCUT2D eigenvalue weighted by atomic mass is 19.1. The molecule has 0 spiro atoms. The summed E-state index contributed by atoms with van der Waals surface area (Å²) in [6.45, 7) is 6.44. The van der Waals surface area contributed by atoms with Gasteiger partial charge in [-0.3, -0.25) is 0 Å². The average Bonchev–Trinajstić information content (AvgIpc) is 2.73. The van der Waals surface area contributed by atoms with Crippen molar-refractivity contribution in [2.75, 3.05) is 0 Å². The smallest absolute Gasteiger partial charge is 0.258 e. The van der Waals surface area contributed by atoms with Crippen molar-refractivity contribution in [2.45, 2.75) is 33.4 Å². The highest BCUT2D eigenvalue weighted by Crippen LogP contribution is 2.20. The van der Waals surface area contributed by atoms with Gasteiger partial charge in [0.2, 0.25) is 0 Å². The topological polar surface area (TPSA) is 51.0 Å². The number of benzene rings is 1. The Morgan fingerprint density at radius 1 is 1.33 bits per heavy atom. The lowest BCUT2D eigenvalue weighted by Gasteiger charge is -2.03. The third kappa shape index (κ3) is 3.13. The summed E-state index contributed by atoms with van der Waals surface area (Å²) in [7, 11) is 0. The van der Waals surface area contributed by atoms with E-state index in [4.69, 9.17) is 4.52 Å². The molecular weight excluding hydrogens is 233 g/mol. The zero-order valence-corrected chi connectivity index (χ0v) is 10.7. The van der Waals surface area contributed by atoms with Crippen LogP contribution in [0.5, 0.6) is 0 Å². The molecule has 1 aromatic heterocycles. The summed E-state index contributed by atoms with van der Waals surface area (Å²) in [6, 6.07) is 5.01. The monoisotopic (exact) mass is 249 g/mol. The van der Waals surface area contributed by atoms with Crippen LogP contribution in [0.3, 0.4) is 0 Å². The van der Waals surface area contributed by atoms with Crippen LogP contribution in [0.2, 0.25) is 0 Å². The first kappa shape index (κ1) is 12.7. The number of rotatable bonds is 4. The molecule has 18 heavy (non-hydrogen) atoms. The van der Waals surface area contributed by atoms with Gasteiger partial charge in [-0.2, -0.15) is 4.98 Å². The lowest BCUT2D eigenvalue weighted by molar-refractivity contribution is 0.417. The average molecular weight is 249 g/mol. The second kappa shape index (κ2) is 5.27. The minimum absolute atomic E-state index is 0.301. The molecule has 0 fully saturated rings. The summed E-state index contributed by atoms with van der Waals surface area (Å²) < 4.78 is 18.4. The van der Waals surface area contributed by atoms with Crippen molar-refractivity contribution in [1.29, 1.82) is 0 Å². The molecule has 0 aliphatic carbocycles. The first-order chi connectivity index (χ1) is 8.54. The second-order valence-electron chi connectivity index (χ2n) is 4.57. The molecule has 96 valence electrons. The Morgan fingerprint density at radius 2 is 2.11 bits per heavy atom. The van der Waals surface area contributed by atoms with Crippen molar-refractivity contribution in [3.8, 4) is 11.5 Å². The molecule has 2 rings (SSSR count). The second-order valence-corrected chi connectivity index (χ2v) is 4.57. The van der Waals surface area contributed by atoms with E-state index >= 15 is 0 Å². The molecular formula is C13H16FN3O. The zero-order chi connectivity index (χ0) is 13.1. The van der Waals surface area contributed by atoms with Crippen LogP contribution in [0.1, 0.15) is 25.2 Å². The van der Waals surface area contributed by atoms with Crippen LogP contribution in [-0.4, -0.2) is 16.2 Å². The van der Waals surface area contributed by atoms with Crippen LogP contribution in [0.4, 0.5) is 4.39 Å². The normalized spacial score (nSPS) is 11.2. The fourth-order valence-electron chi connectivity index (χ4n) is 1.60. The fraction of sp³-hybridized carbons (Fsp3) is 0.385. The Hall–Kier alpha value is -1.75. The van der Waals surface area contributed by atoms with Crippen molar-refractivity contribution in [1.82, 2.24) is 15.5 Å². The van der Waals surface area contributed by atoms with Gasteiger partial charge < -0.3 is 9.84 Å². The molecule has 0 aliphatic heterocycles. The quantitative estimate of drug-likeness (QED) is 0.905. The number of nitrogens with one attached hydrogen (secondary N) is 1. The molecule has 0 unspecified atom stereocenters. The van der Waals surface area contributed by atoms with Gasteiger partial charge >= 0.3 is 0 Å². The summed E-state index contributed by atoms with van der Waals surface area (Å²) in [5.74, 6) is 0.615. The minimum atomic E-state index is -0.301. The lowest BCUT2D eigenvalue weighted by Crippen LogP contribution is -2.22. The summed E-state index contributed by atoms with van der Waals surface area (Å²) in [5, 5.41) is 7.04. The van der Waals surface area contributed by atoms with Crippen LogP contribution in [-0.2, 0) is 6.54 Å². The number of hydrogen-bond donors (Lipinski definition) is 1. The Bertz CT molecular complexity index is 517. The standard InChI is InChI=1S/C13H16FN3O/c1-8(2)15-7-12-16-13(18-17-12)10-4-9(3)5-11(14)6-10/h4-6,8,15H,7H2,1-3H3. The summed E-state index contributed by atoms with van der Waals surface area (Å²) in [6.07, 6.45) is 0. The van der Waals surface area contributed by atoms with Gasteiger partial charge in [0.1, 0.15) is 5.82 Å². The molecule has 0 atom stereocenters. The van der Waals surface area contributed by atoms with Crippen LogP contribution in [0.15, 0.2) is 22.7 Å². The molecule has 0 aliphatic rings. The highest BCUT2D eigenvalue weighted by molar-refractivity contribution is 5.54. The van der Waals surface area contributed by atoms with Crippen molar-refractivity contribution in [3.05, 3.63) is 35.4 Å². The number of hydrogen-bond acceptors (Lipinski definition) is 4. The van der Waals surface area contributed by atoms with E-state index in [0.29, 0.717) is 29.9 Å². The number of halogens is 1. The third-order valence-electron chi connectivity index (χ3n) is 2.43. The van der Waals surface area contributed by atoms with Crippen LogP contribution >= 0.6 is 0 Å². The molecule has 1 aromatic carbocycles. The third-order valence-corrected chi connectivity index (χ3v) is 2.43. The van der Waals surface area contributed by atoms with E-state index < -0.39 is 0 Å². The Labute approximate surface area is 105 Å². The molecule has 4 nitrogen and oxygen atoms in total. The molecule has 0 saturated heterocycles. The Kier molecular flexibility index (Phi) is 3.72. The number of aryl methyl sites for hydroxylation is 1. The van der Waals surface area contributed by atoms with E-state index in [0.717, 1.165) is 5.56 Å². The molecule has 2 aromatic rings.